The summed E-state index contributed by atoms with van der Waals surface area (Å²) < 4.78 is 3.43. The van der Waals surface area contributed by atoms with Crippen molar-refractivity contribution < 1.29 is 4.79 Å². The average molecular weight is 339 g/mol. The molecule has 0 saturated carbocycles. The minimum Gasteiger partial charge on any atom is -0.334 e. The van der Waals surface area contributed by atoms with E-state index < -0.39 is 0 Å². The minimum absolute atomic E-state index is 0.0656. The van der Waals surface area contributed by atoms with E-state index in [1.807, 2.05) is 50.5 Å². The molecule has 2 N–H and O–H groups in total. The molecule has 8 nitrogen and oxygen atoms in total. The highest BCUT2D eigenvalue weighted by atomic mass is 16.2. The zero-order chi connectivity index (χ0) is 17.6. The number of carbonyl (C=O) groups excluding carboxylic acids is 1. The van der Waals surface area contributed by atoms with Gasteiger partial charge in [-0.25, -0.2) is 9.78 Å². The first-order valence-electron chi connectivity index (χ1n) is 8.06. The topological polar surface area (TPSA) is 89.7 Å². The normalized spacial score (nSPS) is 11.9. The summed E-state index contributed by atoms with van der Waals surface area (Å²) in [5.41, 5.74) is 2.87. The summed E-state index contributed by atoms with van der Waals surface area (Å²) in [6.45, 7) is 2.89. The van der Waals surface area contributed by atoms with Gasteiger partial charge in [0.2, 0.25) is 0 Å². The van der Waals surface area contributed by atoms with Crippen molar-refractivity contribution in [2.75, 3.05) is 0 Å². The van der Waals surface area contributed by atoms with Gasteiger partial charge in [0.1, 0.15) is 12.7 Å². The molecular weight excluding hydrogens is 318 g/mol. The molecule has 0 radical (unpaired) electrons. The Morgan fingerprint density at radius 2 is 2.08 bits per heavy atom. The largest absolute Gasteiger partial charge is 0.334 e. The van der Waals surface area contributed by atoms with Gasteiger partial charge in [0, 0.05) is 37.0 Å². The highest BCUT2D eigenvalue weighted by Gasteiger charge is 2.12. The molecule has 25 heavy (non-hydrogen) atoms. The van der Waals surface area contributed by atoms with E-state index in [4.69, 9.17) is 0 Å². The van der Waals surface area contributed by atoms with E-state index >= 15 is 0 Å². The predicted molar refractivity (Wildman–Crippen MR) is 93.5 cm³/mol. The van der Waals surface area contributed by atoms with E-state index in [0.717, 1.165) is 16.8 Å². The molecule has 0 fully saturated rings. The van der Waals surface area contributed by atoms with E-state index in [1.165, 1.54) is 6.33 Å². The first-order chi connectivity index (χ1) is 12.1. The summed E-state index contributed by atoms with van der Waals surface area (Å²) in [6, 6.07) is 9.63. The van der Waals surface area contributed by atoms with Crippen LogP contribution in [0.15, 0.2) is 49.2 Å². The number of hydrogen-bond acceptors (Lipinski definition) is 4. The summed E-state index contributed by atoms with van der Waals surface area (Å²) in [5, 5.41) is 14.3. The number of aryl methyl sites for hydroxylation is 1. The van der Waals surface area contributed by atoms with Crippen LogP contribution in [0.5, 0.6) is 0 Å². The van der Waals surface area contributed by atoms with Gasteiger partial charge in [-0.1, -0.05) is 30.3 Å². The zero-order valence-corrected chi connectivity index (χ0v) is 14.3. The monoisotopic (exact) mass is 339 g/mol. The molecule has 0 aliphatic carbocycles. The molecule has 2 aromatic heterocycles. The van der Waals surface area contributed by atoms with Gasteiger partial charge in [-0.2, -0.15) is 10.2 Å². The van der Waals surface area contributed by atoms with Gasteiger partial charge >= 0.3 is 6.03 Å². The highest BCUT2D eigenvalue weighted by molar-refractivity contribution is 5.74. The summed E-state index contributed by atoms with van der Waals surface area (Å²) in [5.74, 6) is 0. The second-order valence-electron chi connectivity index (χ2n) is 5.89. The van der Waals surface area contributed by atoms with Crippen LogP contribution in [-0.2, 0) is 20.1 Å². The van der Waals surface area contributed by atoms with E-state index in [0.29, 0.717) is 13.1 Å². The number of urea groups is 1. The van der Waals surface area contributed by atoms with Crippen LogP contribution in [0.4, 0.5) is 4.79 Å². The molecule has 2 amide bonds. The van der Waals surface area contributed by atoms with Gasteiger partial charge in [-0.15, -0.1) is 0 Å². The average Bonchev–Trinajstić information content (AvgIpc) is 3.23. The molecular formula is C17H21N7O. The Labute approximate surface area is 145 Å². The van der Waals surface area contributed by atoms with Gasteiger partial charge in [0.05, 0.1) is 12.2 Å². The molecule has 0 aliphatic heterocycles. The highest BCUT2D eigenvalue weighted by Crippen LogP contribution is 2.21. The lowest BCUT2D eigenvalue weighted by Gasteiger charge is -2.14. The molecule has 2 heterocycles. The Bertz CT molecular complexity index is 811. The van der Waals surface area contributed by atoms with Gasteiger partial charge in [-0.3, -0.25) is 9.36 Å². The maximum Gasteiger partial charge on any atom is 0.315 e. The van der Waals surface area contributed by atoms with Gasteiger partial charge in [0.15, 0.2) is 0 Å². The van der Waals surface area contributed by atoms with E-state index in [2.05, 4.69) is 25.8 Å². The fraction of sp³-hybridized carbons (Fsp3) is 0.294. The van der Waals surface area contributed by atoms with E-state index in [9.17, 15) is 4.79 Å². The molecule has 3 aromatic rings. The first-order valence-corrected chi connectivity index (χ1v) is 8.06. The van der Waals surface area contributed by atoms with E-state index in [1.54, 1.807) is 15.7 Å². The fourth-order valence-corrected chi connectivity index (χ4v) is 2.61. The number of nitrogens with zero attached hydrogens (tertiary/aromatic N) is 5. The number of hydrogen-bond donors (Lipinski definition) is 2. The SMILES string of the molecule is C[C@H](Cn1cncn1)NC(=O)NCc1cn(C)nc1-c1ccccc1. The second kappa shape index (κ2) is 7.61. The van der Waals surface area contributed by atoms with Gasteiger partial charge < -0.3 is 10.6 Å². The number of benzene rings is 1. The maximum atomic E-state index is 12.1. The van der Waals surface area contributed by atoms with Crippen molar-refractivity contribution >= 4 is 6.03 Å². The lowest BCUT2D eigenvalue weighted by molar-refractivity contribution is 0.235. The zero-order valence-electron chi connectivity index (χ0n) is 14.3. The molecule has 8 heteroatoms. The first kappa shape index (κ1) is 16.7. The number of aromatic nitrogens is 5. The van der Waals surface area contributed by atoms with Crippen LogP contribution in [-0.4, -0.2) is 36.6 Å². The minimum atomic E-state index is -0.226. The Balaban J connectivity index is 1.57. The standard InChI is InChI=1S/C17H21N7O/c1-13(9-24-12-18-11-20-24)21-17(25)19-8-15-10-23(2)22-16(15)14-6-4-3-5-7-14/h3-7,10-13H,8-9H2,1-2H3,(H2,19,21,25)/t13-/m1/s1. The number of amides is 2. The maximum absolute atomic E-state index is 12.1. The molecule has 1 aromatic carbocycles. The molecule has 0 spiro atoms. The molecule has 1 atom stereocenters. The second-order valence-corrected chi connectivity index (χ2v) is 5.89. The number of nitrogens with one attached hydrogen (secondary N) is 2. The number of rotatable bonds is 6. The number of carbonyl (C=O) groups is 1. The summed E-state index contributed by atoms with van der Waals surface area (Å²) in [4.78, 5) is 16.0. The van der Waals surface area contributed by atoms with Crippen molar-refractivity contribution in [1.29, 1.82) is 0 Å². The molecule has 0 aliphatic rings. The summed E-state index contributed by atoms with van der Waals surface area (Å²) in [7, 11) is 1.87. The third-order valence-corrected chi connectivity index (χ3v) is 3.70. The molecule has 0 unspecified atom stereocenters. The van der Waals surface area contributed by atoms with Gasteiger partial charge in [-0.05, 0) is 6.92 Å². The van der Waals surface area contributed by atoms with Crippen LogP contribution in [0.3, 0.4) is 0 Å². The van der Waals surface area contributed by atoms with Crippen LogP contribution in [0.25, 0.3) is 11.3 Å². The van der Waals surface area contributed by atoms with Crippen LogP contribution in [0, 0.1) is 0 Å². The summed E-state index contributed by atoms with van der Waals surface area (Å²) in [6.07, 6.45) is 5.01. The Hall–Kier alpha value is -3.16. The Kier molecular flexibility index (Phi) is 5.08. The lowest BCUT2D eigenvalue weighted by Crippen LogP contribution is -2.42. The smallest absolute Gasteiger partial charge is 0.315 e. The molecule has 3 rings (SSSR count). The third-order valence-electron chi connectivity index (χ3n) is 3.70. The van der Waals surface area contributed by atoms with Gasteiger partial charge in [0.25, 0.3) is 0 Å². The van der Waals surface area contributed by atoms with Crippen molar-refractivity contribution in [3.63, 3.8) is 0 Å². The van der Waals surface area contributed by atoms with Crippen molar-refractivity contribution in [2.45, 2.75) is 26.1 Å². The molecule has 0 saturated heterocycles. The van der Waals surface area contributed by atoms with Crippen molar-refractivity contribution in [3.8, 4) is 11.3 Å². The molecule has 130 valence electrons. The van der Waals surface area contributed by atoms with Crippen LogP contribution in [0.1, 0.15) is 12.5 Å². The van der Waals surface area contributed by atoms with Crippen molar-refractivity contribution in [1.82, 2.24) is 35.2 Å². The van der Waals surface area contributed by atoms with Crippen LogP contribution in [0.2, 0.25) is 0 Å². The quantitative estimate of drug-likeness (QED) is 0.713. The van der Waals surface area contributed by atoms with E-state index in [-0.39, 0.29) is 12.1 Å². The summed E-state index contributed by atoms with van der Waals surface area (Å²) >= 11 is 0. The molecule has 0 bridgehead atoms. The third kappa shape index (κ3) is 4.43. The predicted octanol–water partition coefficient (Wildman–Crippen LogP) is 1.57. The Morgan fingerprint density at radius 1 is 1.28 bits per heavy atom. The van der Waals surface area contributed by atoms with Crippen molar-refractivity contribution in [2.24, 2.45) is 7.05 Å². The van der Waals surface area contributed by atoms with Crippen LogP contribution < -0.4 is 10.6 Å². The van der Waals surface area contributed by atoms with Crippen molar-refractivity contribution in [3.05, 3.63) is 54.7 Å². The Morgan fingerprint density at radius 3 is 2.80 bits per heavy atom. The lowest BCUT2D eigenvalue weighted by atomic mass is 10.1. The van der Waals surface area contributed by atoms with Crippen LogP contribution >= 0.6 is 0 Å². The fourth-order valence-electron chi connectivity index (χ4n) is 2.61.